The number of amides is 1. The molecule has 156 valence electrons. The third kappa shape index (κ3) is 4.54. The number of hydrogen-bond acceptors (Lipinski definition) is 4. The van der Waals surface area contributed by atoms with Gasteiger partial charge in [-0.3, -0.25) is 4.79 Å². The first-order chi connectivity index (χ1) is 14.3. The molecule has 0 aliphatic heterocycles. The normalized spacial score (nSPS) is 11.2. The highest BCUT2D eigenvalue weighted by Crippen LogP contribution is 2.29. The van der Waals surface area contributed by atoms with Crippen molar-refractivity contribution in [2.75, 3.05) is 10.9 Å². The van der Waals surface area contributed by atoms with Gasteiger partial charge < -0.3 is 4.74 Å². The van der Waals surface area contributed by atoms with Crippen molar-refractivity contribution in [3.63, 3.8) is 0 Å². The molecule has 0 fully saturated rings. The van der Waals surface area contributed by atoms with Gasteiger partial charge in [-0.15, -0.1) is 0 Å². The number of nitrogens with zero attached hydrogens (tertiary/aromatic N) is 1. The number of aryl methyl sites for hydroxylation is 2. The Morgan fingerprint density at radius 1 is 0.900 bits per heavy atom. The maximum Gasteiger partial charge on any atom is 0.278 e. The van der Waals surface area contributed by atoms with E-state index in [1.54, 1.807) is 49.4 Å². The van der Waals surface area contributed by atoms with Gasteiger partial charge in [0.1, 0.15) is 5.75 Å². The van der Waals surface area contributed by atoms with Gasteiger partial charge in [-0.25, -0.2) is 8.42 Å². The van der Waals surface area contributed by atoms with E-state index in [-0.39, 0.29) is 4.90 Å². The summed E-state index contributed by atoms with van der Waals surface area (Å²) in [6, 6.07) is 20.6. The van der Waals surface area contributed by atoms with E-state index >= 15 is 0 Å². The van der Waals surface area contributed by atoms with E-state index in [2.05, 4.69) is 6.92 Å². The van der Waals surface area contributed by atoms with Crippen LogP contribution in [0, 0.1) is 13.8 Å². The zero-order valence-corrected chi connectivity index (χ0v) is 18.1. The second-order valence-corrected chi connectivity index (χ2v) is 8.77. The second kappa shape index (κ2) is 9.13. The van der Waals surface area contributed by atoms with E-state index in [4.69, 9.17) is 4.74 Å². The van der Waals surface area contributed by atoms with Gasteiger partial charge in [0.15, 0.2) is 6.61 Å². The Bertz CT molecular complexity index is 1120. The van der Waals surface area contributed by atoms with Crippen molar-refractivity contribution in [2.45, 2.75) is 32.1 Å². The summed E-state index contributed by atoms with van der Waals surface area (Å²) >= 11 is 0. The summed E-state index contributed by atoms with van der Waals surface area (Å²) in [5.74, 6) is -0.148. The minimum Gasteiger partial charge on any atom is -0.484 e. The summed E-state index contributed by atoms with van der Waals surface area (Å²) in [5.41, 5.74) is 3.09. The fourth-order valence-corrected chi connectivity index (χ4v) is 4.57. The van der Waals surface area contributed by atoms with E-state index in [1.807, 2.05) is 25.1 Å². The van der Waals surface area contributed by atoms with Crippen molar-refractivity contribution in [2.24, 2.45) is 0 Å². The molecule has 3 rings (SSSR count). The Labute approximate surface area is 178 Å². The van der Waals surface area contributed by atoms with Crippen LogP contribution in [0.25, 0.3) is 0 Å². The summed E-state index contributed by atoms with van der Waals surface area (Å²) in [5, 5.41) is 0. The smallest absolute Gasteiger partial charge is 0.278 e. The molecule has 0 bridgehead atoms. The zero-order chi connectivity index (χ0) is 21.7. The zero-order valence-electron chi connectivity index (χ0n) is 17.3. The first-order valence-corrected chi connectivity index (χ1v) is 11.2. The van der Waals surface area contributed by atoms with E-state index < -0.39 is 22.5 Å². The van der Waals surface area contributed by atoms with Crippen LogP contribution in [0.5, 0.6) is 5.75 Å². The van der Waals surface area contributed by atoms with Crippen molar-refractivity contribution in [3.05, 3.63) is 89.5 Å². The third-order valence-corrected chi connectivity index (χ3v) is 6.75. The maximum absolute atomic E-state index is 13.4. The topological polar surface area (TPSA) is 63.7 Å². The molecule has 0 heterocycles. The fourth-order valence-electron chi connectivity index (χ4n) is 3.08. The first-order valence-electron chi connectivity index (χ1n) is 9.75. The molecular formula is C24H25NO4S. The number of anilines is 1. The minimum atomic E-state index is -4.10. The van der Waals surface area contributed by atoms with Crippen molar-refractivity contribution < 1.29 is 17.9 Å². The number of sulfonamides is 1. The highest BCUT2D eigenvalue weighted by Gasteiger charge is 2.32. The lowest BCUT2D eigenvalue weighted by Gasteiger charge is -2.25. The monoisotopic (exact) mass is 423 g/mol. The quantitative estimate of drug-likeness (QED) is 0.554. The summed E-state index contributed by atoms with van der Waals surface area (Å²) in [6.07, 6.45) is 0.898. The number of hydrogen-bond donors (Lipinski definition) is 0. The van der Waals surface area contributed by atoms with Crippen LogP contribution in [0.4, 0.5) is 5.69 Å². The molecule has 5 nitrogen and oxygen atoms in total. The van der Waals surface area contributed by atoms with E-state index in [1.165, 1.54) is 12.1 Å². The molecule has 3 aromatic carbocycles. The molecule has 0 aromatic heterocycles. The molecule has 0 spiro atoms. The van der Waals surface area contributed by atoms with Crippen molar-refractivity contribution >= 4 is 21.6 Å². The molecule has 0 saturated carbocycles. The van der Waals surface area contributed by atoms with Crippen LogP contribution in [0.3, 0.4) is 0 Å². The first kappa shape index (κ1) is 21.6. The largest absolute Gasteiger partial charge is 0.484 e. The summed E-state index contributed by atoms with van der Waals surface area (Å²) < 4.78 is 33.2. The lowest BCUT2D eigenvalue weighted by atomic mass is 10.1. The summed E-state index contributed by atoms with van der Waals surface area (Å²) in [7, 11) is -4.10. The summed E-state index contributed by atoms with van der Waals surface area (Å²) in [6.45, 7) is 5.33. The Kier molecular flexibility index (Phi) is 6.57. The minimum absolute atomic E-state index is 0.0477. The van der Waals surface area contributed by atoms with Gasteiger partial charge >= 0.3 is 0 Å². The number of carbonyl (C=O) groups is 1. The molecule has 1 amide bonds. The Balaban J connectivity index is 1.96. The van der Waals surface area contributed by atoms with E-state index in [0.29, 0.717) is 11.4 Å². The predicted octanol–water partition coefficient (Wildman–Crippen LogP) is 4.67. The molecular weight excluding hydrogens is 398 g/mol. The van der Waals surface area contributed by atoms with Gasteiger partial charge in [0.2, 0.25) is 0 Å². The second-order valence-electron chi connectivity index (χ2n) is 6.98. The standard InChI is InChI=1S/C24H25NO4S/c1-4-20-13-15-21(16-14-20)29-17-24(26)25(23-12-8-9-18(2)19(23)3)30(27,28)22-10-6-5-7-11-22/h5-16H,4,17H2,1-3H3. The third-order valence-electron chi connectivity index (χ3n) is 5.00. The number of carbonyl (C=O) groups excluding carboxylic acids is 1. The molecule has 0 aliphatic rings. The molecule has 0 saturated heterocycles. The fraction of sp³-hybridized carbons (Fsp3) is 0.208. The van der Waals surface area contributed by atoms with Crippen LogP contribution in [-0.2, 0) is 21.2 Å². The van der Waals surface area contributed by atoms with Crippen molar-refractivity contribution in [1.82, 2.24) is 0 Å². The Morgan fingerprint density at radius 2 is 1.57 bits per heavy atom. The SMILES string of the molecule is CCc1ccc(OCC(=O)N(c2cccc(C)c2C)S(=O)(=O)c2ccccc2)cc1. The van der Waals surface area contributed by atoms with Crippen molar-refractivity contribution in [3.8, 4) is 5.75 Å². The number of rotatable bonds is 7. The van der Waals surface area contributed by atoms with Gasteiger partial charge in [0.25, 0.3) is 15.9 Å². The molecule has 0 aliphatic carbocycles. The molecule has 0 radical (unpaired) electrons. The van der Waals surface area contributed by atoms with Gasteiger partial charge in [-0.05, 0) is 67.3 Å². The van der Waals surface area contributed by atoms with E-state index in [9.17, 15) is 13.2 Å². The lowest BCUT2D eigenvalue weighted by molar-refractivity contribution is -0.119. The molecule has 3 aromatic rings. The van der Waals surface area contributed by atoms with Gasteiger partial charge in [0, 0.05) is 0 Å². The average molecular weight is 424 g/mol. The van der Waals surface area contributed by atoms with Crippen LogP contribution >= 0.6 is 0 Å². The predicted molar refractivity (Wildman–Crippen MR) is 118 cm³/mol. The van der Waals surface area contributed by atoms with Crippen LogP contribution in [0.15, 0.2) is 77.7 Å². The van der Waals surface area contributed by atoms with E-state index in [0.717, 1.165) is 27.4 Å². The molecule has 30 heavy (non-hydrogen) atoms. The van der Waals surface area contributed by atoms with Crippen LogP contribution < -0.4 is 9.04 Å². The van der Waals surface area contributed by atoms with Crippen LogP contribution in [-0.4, -0.2) is 20.9 Å². The van der Waals surface area contributed by atoms with Crippen molar-refractivity contribution in [1.29, 1.82) is 0 Å². The number of benzene rings is 3. The lowest BCUT2D eigenvalue weighted by Crippen LogP contribution is -2.40. The van der Waals surface area contributed by atoms with Gasteiger partial charge in [0.05, 0.1) is 10.6 Å². The van der Waals surface area contributed by atoms with Crippen LogP contribution in [0.2, 0.25) is 0 Å². The molecule has 0 atom stereocenters. The highest BCUT2D eigenvalue weighted by molar-refractivity contribution is 7.93. The Morgan fingerprint density at radius 3 is 2.20 bits per heavy atom. The molecule has 6 heteroatoms. The molecule has 0 unspecified atom stereocenters. The highest BCUT2D eigenvalue weighted by atomic mass is 32.2. The number of ether oxygens (including phenoxy) is 1. The Hall–Kier alpha value is -3.12. The summed E-state index contributed by atoms with van der Waals surface area (Å²) in [4.78, 5) is 13.2. The maximum atomic E-state index is 13.4. The average Bonchev–Trinajstić information content (AvgIpc) is 2.76. The van der Waals surface area contributed by atoms with Crippen LogP contribution in [0.1, 0.15) is 23.6 Å². The molecule has 0 N–H and O–H groups in total. The van der Waals surface area contributed by atoms with Gasteiger partial charge in [-0.2, -0.15) is 4.31 Å². The van der Waals surface area contributed by atoms with Gasteiger partial charge in [-0.1, -0.05) is 49.4 Å².